The Labute approximate surface area is 285 Å². The number of hydrogen-bond donors (Lipinski definition) is 3. The molecular weight excluding hydrogens is 608 g/mol. The van der Waals surface area contributed by atoms with Crippen LogP contribution in [-0.2, 0) is 6.42 Å². The summed E-state index contributed by atoms with van der Waals surface area (Å²) in [5.41, 5.74) is 2.93. The van der Waals surface area contributed by atoms with Gasteiger partial charge in [0, 0.05) is 42.9 Å². The van der Waals surface area contributed by atoms with Crippen molar-refractivity contribution >= 4 is 11.8 Å². The number of aryl methyl sites for hydroxylation is 1. The van der Waals surface area contributed by atoms with Crippen LogP contribution >= 0.6 is 0 Å². The molecule has 0 spiro atoms. The van der Waals surface area contributed by atoms with Crippen LogP contribution in [0.15, 0.2) is 66.7 Å². The van der Waals surface area contributed by atoms with Crippen LogP contribution in [0.25, 0.3) is 0 Å². The number of halogens is 2. The van der Waals surface area contributed by atoms with Crippen LogP contribution in [0.5, 0.6) is 0 Å². The highest BCUT2D eigenvalue weighted by atomic mass is 19.1. The van der Waals surface area contributed by atoms with Gasteiger partial charge in [0.25, 0.3) is 11.8 Å². The standard InChI is InChI=1S/C40H53F2N3O3/c1-4-18-45(19-5-2)40(48)33-21-28(3)20-32(25-33)39(47)44-37(24-30-22-34(41)26-35(42)23-30)38(46)27-43-36(31-14-10-7-11-15-31)17-16-29-12-8-6-9-13-29/h7,10-11,14-15,20-23,25-26,29,36-38,43,46H,4-6,8-9,12-13,16-19,24,27H2,1-3H3,(H,44,47)/t36?,37-,38+/m0/s1. The van der Waals surface area contributed by atoms with Crippen molar-refractivity contribution < 1.29 is 23.5 Å². The fraction of sp³-hybridized carbons (Fsp3) is 0.500. The van der Waals surface area contributed by atoms with Gasteiger partial charge in [-0.25, -0.2) is 8.78 Å². The van der Waals surface area contributed by atoms with E-state index in [2.05, 4.69) is 22.8 Å². The van der Waals surface area contributed by atoms with Gasteiger partial charge in [-0.3, -0.25) is 9.59 Å². The van der Waals surface area contributed by atoms with Gasteiger partial charge < -0.3 is 20.6 Å². The SMILES string of the molecule is CCCN(CCC)C(=O)c1cc(C)cc(C(=O)N[C@@H](Cc2cc(F)cc(F)c2)[C@H](O)CNC(CCC2CCCCC2)c2ccccc2)c1. The molecule has 1 aliphatic rings. The Morgan fingerprint density at radius 2 is 1.54 bits per heavy atom. The van der Waals surface area contributed by atoms with E-state index in [0.29, 0.717) is 30.1 Å². The van der Waals surface area contributed by atoms with Crippen molar-refractivity contribution in [3.8, 4) is 0 Å². The molecule has 6 nitrogen and oxygen atoms in total. The molecule has 1 fully saturated rings. The van der Waals surface area contributed by atoms with Crippen LogP contribution in [0.1, 0.15) is 115 Å². The van der Waals surface area contributed by atoms with Crippen LogP contribution in [0, 0.1) is 24.5 Å². The summed E-state index contributed by atoms with van der Waals surface area (Å²) in [6, 6.07) is 17.6. The summed E-state index contributed by atoms with van der Waals surface area (Å²) in [6.07, 6.45) is 8.97. The number of amides is 2. The Morgan fingerprint density at radius 3 is 2.19 bits per heavy atom. The average Bonchev–Trinajstić information content (AvgIpc) is 3.07. The van der Waals surface area contributed by atoms with E-state index in [0.717, 1.165) is 42.9 Å². The van der Waals surface area contributed by atoms with Gasteiger partial charge in [-0.2, -0.15) is 0 Å². The number of aliphatic hydroxyl groups is 1. The third kappa shape index (κ3) is 11.2. The second kappa shape index (κ2) is 18.8. The molecule has 0 saturated heterocycles. The van der Waals surface area contributed by atoms with E-state index in [4.69, 9.17) is 0 Å². The van der Waals surface area contributed by atoms with Crippen molar-refractivity contribution in [1.82, 2.24) is 15.5 Å². The Morgan fingerprint density at radius 1 is 0.896 bits per heavy atom. The van der Waals surface area contributed by atoms with Gasteiger partial charge in [0.2, 0.25) is 0 Å². The lowest BCUT2D eigenvalue weighted by molar-refractivity contribution is 0.0755. The van der Waals surface area contributed by atoms with E-state index < -0.39 is 29.7 Å². The summed E-state index contributed by atoms with van der Waals surface area (Å²) in [4.78, 5) is 28.9. The molecule has 3 N–H and O–H groups in total. The van der Waals surface area contributed by atoms with Gasteiger partial charge in [-0.1, -0.05) is 76.3 Å². The highest BCUT2D eigenvalue weighted by Gasteiger charge is 2.26. The largest absolute Gasteiger partial charge is 0.390 e. The summed E-state index contributed by atoms with van der Waals surface area (Å²) in [5.74, 6) is -1.34. The fourth-order valence-electron chi connectivity index (χ4n) is 6.95. The Bertz CT molecular complexity index is 1440. The highest BCUT2D eigenvalue weighted by molar-refractivity contribution is 6.00. The Hall–Kier alpha value is -3.62. The Kier molecular flexibility index (Phi) is 14.6. The molecule has 4 rings (SSSR count). The Balaban J connectivity index is 1.54. The third-order valence-electron chi connectivity index (χ3n) is 9.38. The van der Waals surface area contributed by atoms with Crippen LogP contribution < -0.4 is 10.6 Å². The second-order valence-electron chi connectivity index (χ2n) is 13.5. The first-order valence-corrected chi connectivity index (χ1v) is 17.8. The normalized spacial score (nSPS) is 15.5. The van der Waals surface area contributed by atoms with Crippen LogP contribution in [0.2, 0.25) is 0 Å². The predicted octanol–water partition coefficient (Wildman–Crippen LogP) is 7.93. The van der Waals surface area contributed by atoms with Gasteiger partial charge in [0.05, 0.1) is 12.1 Å². The number of nitrogens with zero attached hydrogens (tertiary/aromatic N) is 1. The number of carbonyl (C=O) groups excluding carboxylic acids is 2. The van der Waals surface area contributed by atoms with E-state index >= 15 is 0 Å². The minimum atomic E-state index is -1.07. The van der Waals surface area contributed by atoms with Crippen LogP contribution in [-0.4, -0.2) is 53.6 Å². The molecule has 0 radical (unpaired) electrons. The summed E-state index contributed by atoms with van der Waals surface area (Å²) in [7, 11) is 0. The first kappa shape index (κ1) is 37.2. The number of nitrogens with one attached hydrogen (secondary N) is 2. The van der Waals surface area contributed by atoms with E-state index in [9.17, 15) is 23.5 Å². The van der Waals surface area contributed by atoms with E-state index in [1.165, 1.54) is 44.2 Å². The molecule has 0 bridgehead atoms. The molecule has 260 valence electrons. The van der Waals surface area contributed by atoms with Crippen LogP contribution in [0.4, 0.5) is 8.78 Å². The minimum absolute atomic E-state index is 0.00488. The van der Waals surface area contributed by atoms with Gasteiger partial charge in [0.1, 0.15) is 11.6 Å². The van der Waals surface area contributed by atoms with E-state index in [1.54, 1.807) is 23.1 Å². The van der Waals surface area contributed by atoms with Crippen molar-refractivity contribution in [2.45, 2.75) is 103 Å². The minimum Gasteiger partial charge on any atom is -0.390 e. The monoisotopic (exact) mass is 661 g/mol. The summed E-state index contributed by atoms with van der Waals surface area (Å²) >= 11 is 0. The fourth-order valence-corrected chi connectivity index (χ4v) is 6.95. The van der Waals surface area contributed by atoms with Crippen molar-refractivity contribution in [2.75, 3.05) is 19.6 Å². The highest BCUT2D eigenvalue weighted by Crippen LogP contribution is 2.30. The van der Waals surface area contributed by atoms with Gasteiger partial charge >= 0.3 is 0 Å². The maximum Gasteiger partial charge on any atom is 0.253 e. The molecule has 0 heterocycles. The quantitative estimate of drug-likeness (QED) is 0.137. The molecule has 3 aromatic rings. The third-order valence-corrected chi connectivity index (χ3v) is 9.38. The molecule has 48 heavy (non-hydrogen) atoms. The lowest BCUT2D eigenvalue weighted by Crippen LogP contribution is -2.49. The molecule has 2 amide bonds. The molecule has 0 aliphatic heterocycles. The second-order valence-corrected chi connectivity index (χ2v) is 13.5. The van der Waals surface area contributed by atoms with Crippen molar-refractivity contribution in [1.29, 1.82) is 0 Å². The molecule has 1 unspecified atom stereocenters. The zero-order chi connectivity index (χ0) is 34.5. The molecular formula is C40H53F2N3O3. The smallest absolute Gasteiger partial charge is 0.253 e. The number of benzene rings is 3. The zero-order valence-electron chi connectivity index (χ0n) is 28.8. The molecule has 8 heteroatoms. The van der Waals surface area contributed by atoms with Crippen molar-refractivity contribution in [3.05, 3.63) is 106 Å². The van der Waals surface area contributed by atoms with E-state index in [-0.39, 0.29) is 30.5 Å². The summed E-state index contributed by atoms with van der Waals surface area (Å²) in [5, 5.41) is 18.1. The zero-order valence-corrected chi connectivity index (χ0v) is 28.8. The number of hydrogen-bond acceptors (Lipinski definition) is 4. The maximum absolute atomic E-state index is 14.2. The maximum atomic E-state index is 14.2. The molecule has 0 aromatic heterocycles. The topological polar surface area (TPSA) is 81.7 Å². The first-order valence-electron chi connectivity index (χ1n) is 17.8. The van der Waals surface area contributed by atoms with Crippen LogP contribution in [0.3, 0.4) is 0 Å². The molecule has 3 atom stereocenters. The summed E-state index contributed by atoms with van der Waals surface area (Å²) in [6.45, 7) is 7.29. The number of aliphatic hydroxyl groups excluding tert-OH is 1. The van der Waals surface area contributed by atoms with Gasteiger partial charge in [-0.05, 0) is 92.0 Å². The first-order chi connectivity index (χ1) is 23.2. The van der Waals surface area contributed by atoms with Crippen molar-refractivity contribution in [2.24, 2.45) is 5.92 Å². The number of carbonyl (C=O) groups is 2. The van der Waals surface area contributed by atoms with Crippen molar-refractivity contribution in [3.63, 3.8) is 0 Å². The lowest BCUT2D eigenvalue weighted by atomic mass is 9.84. The molecule has 1 aliphatic carbocycles. The molecule has 3 aromatic carbocycles. The predicted molar refractivity (Wildman–Crippen MR) is 188 cm³/mol. The van der Waals surface area contributed by atoms with Gasteiger partial charge in [-0.15, -0.1) is 0 Å². The number of rotatable bonds is 17. The summed E-state index contributed by atoms with van der Waals surface area (Å²) < 4.78 is 28.4. The average molecular weight is 662 g/mol. The van der Waals surface area contributed by atoms with E-state index in [1.807, 2.05) is 39.0 Å². The lowest BCUT2D eigenvalue weighted by Gasteiger charge is -2.29. The molecule has 1 saturated carbocycles. The van der Waals surface area contributed by atoms with Gasteiger partial charge in [0.15, 0.2) is 0 Å².